The van der Waals surface area contributed by atoms with Crippen LogP contribution in [0.1, 0.15) is 43.9 Å². The number of anilines is 1. The summed E-state index contributed by atoms with van der Waals surface area (Å²) in [7, 11) is -4.01. The highest BCUT2D eigenvalue weighted by molar-refractivity contribution is 7.90. The van der Waals surface area contributed by atoms with Gasteiger partial charge in [0.05, 0.1) is 28.6 Å². The Morgan fingerprint density at radius 1 is 1.20 bits per heavy atom. The number of carboxylic acid groups (broad SMARTS) is 1. The predicted molar refractivity (Wildman–Crippen MR) is 112 cm³/mol. The van der Waals surface area contributed by atoms with Gasteiger partial charge in [0.25, 0.3) is 10.0 Å². The second-order valence-corrected chi connectivity index (χ2v) is 9.41. The van der Waals surface area contributed by atoms with Crippen LogP contribution in [-0.2, 0) is 10.0 Å². The third-order valence-corrected chi connectivity index (χ3v) is 7.26. The van der Waals surface area contributed by atoms with Crippen molar-refractivity contribution in [1.29, 1.82) is 0 Å². The number of amides is 1. The summed E-state index contributed by atoms with van der Waals surface area (Å²) in [6.07, 6.45) is 3.80. The number of aliphatic hydroxyl groups excluding tert-OH is 1. The Hall–Kier alpha value is -2.91. The molecule has 0 bridgehead atoms. The molecular weight excluding hydrogens is 406 g/mol. The second-order valence-electron chi connectivity index (χ2n) is 7.62. The molecule has 0 aliphatic heterocycles. The molecule has 0 radical (unpaired) electrons. The lowest BCUT2D eigenvalue weighted by atomic mass is 9.98. The summed E-state index contributed by atoms with van der Waals surface area (Å²) >= 11 is 0. The van der Waals surface area contributed by atoms with E-state index >= 15 is 0 Å². The van der Waals surface area contributed by atoms with Crippen LogP contribution in [0.2, 0.25) is 0 Å². The molecule has 0 spiro atoms. The molecule has 4 rings (SSSR count). The summed E-state index contributed by atoms with van der Waals surface area (Å²) in [5, 5.41) is 22.6. The average Bonchev–Trinajstić information content (AvgIpc) is 3.35. The van der Waals surface area contributed by atoms with Crippen LogP contribution in [0.5, 0.6) is 0 Å². The number of rotatable bonds is 6. The quantitative estimate of drug-likeness (QED) is 0.545. The Morgan fingerprint density at radius 3 is 2.57 bits per heavy atom. The Morgan fingerprint density at radius 2 is 1.90 bits per heavy atom. The van der Waals surface area contributed by atoms with Gasteiger partial charge in [-0.05, 0) is 36.6 Å². The fourth-order valence-corrected chi connectivity index (χ4v) is 5.69. The van der Waals surface area contributed by atoms with E-state index in [1.54, 1.807) is 24.3 Å². The van der Waals surface area contributed by atoms with E-state index in [4.69, 9.17) is 5.11 Å². The first-order valence-electron chi connectivity index (χ1n) is 9.86. The van der Waals surface area contributed by atoms with Gasteiger partial charge >= 0.3 is 6.09 Å². The molecule has 3 aromatic rings. The number of hydrogen-bond donors (Lipinski definition) is 3. The number of carbonyl (C=O) groups is 1. The topological polar surface area (TPSA) is 122 Å². The average molecular weight is 429 g/mol. The molecule has 0 saturated heterocycles. The van der Waals surface area contributed by atoms with Crippen LogP contribution in [0, 0.1) is 5.92 Å². The van der Waals surface area contributed by atoms with Gasteiger partial charge in [0.15, 0.2) is 5.65 Å². The van der Waals surface area contributed by atoms with Crippen molar-refractivity contribution in [3.8, 4) is 0 Å². The number of benzene rings is 1. The highest BCUT2D eigenvalue weighted by atomic mass is 32.2. The van der Waals surface area contributed by atoms with Crippen molar-refractivity contribution in [3.63, 3.8) is 0 Å². The summed E-state index contributed by atoms with van der Waals surface area (Å²) in [5.74, 6) is 0.350. The van der Waals surface area contributed by atoms with Crippen molar-refractivity contribution in [2.24, 2.45) is 5.92 Å². The van der Waals surface area contributed by atoms with Crippen LogP contribution in [-0.4, -0.2) is 33.7 Å². The molecule has 1 atom stereocenters. The lowest BCUT2D eigenvalue weighted by Gasteiger charge is -2.18. The lowest BCUT2D eigenvalue weighted by Crippen LogP contribution is -2.19. The molecule has 1 unspecified atom stereocenters. The van der Waals surface area contributed by atoms with E-state index in [1.807, 2.05) is 0 Å². The third kappa shape index (κ3) is 3.90. The zero-order valence-electron chi connectivity index (χ0n) is 16.2. The molecule has 1 amide bonds. The van der Waals surface area contributed by atoms with Crippen molar-refractivity contribution in [2.75, 3.05) is 5.32 Å². The van der Waals surface area contributed by atoms with E-state index in [-0.39, 0.29) is 21.9 Å². The summed E-state index contributed by atoms with van der Waals surface area (Å²) < 4.78 is 28.0. The van der Waals surface area contributed by atoms with Gasteiger partial charge in [-0.25, -0.2) is 22.2 Å². The van der Waals surface area contributed by atoms with Gasteiger partial charge in [0.2, 0.25) is 0 Å². The van der Waals surface area contributed by atoms with Crippen LogP contribution in [0.3, 0.4) is 0 Å². The van der Waals surface area contributed by atoms with E-state index < -0.39 is 22.2 Å². The normalized spacial score (nSPS) is 16.0. The first-order chi connectivity index (χ1) is 14.4. The van der Waals surface area contributed by atoms with Crippen molar-refractivity contribution < 1.29 is 23.4 Å². The van der Waals surface area contributed by atoms with Crippen molar-refractivity contribution >= 4 is 32.8 Å². The fraction of sp³-hybridized carbons (Fsp3) is 0.333. The summed E-state index contributed by atoms with van der Waals surface area (Å²) in [6.45, 7) is 0. The first kappa shape index (κ1) is 20.4. The smallest absolute Gasteiger partial charge is 0.409 e. The largest absolute Gasteiger partial charge is 0.465 e. The van der Waals surface area contributed by atoms with Gasteiger partial charge in [-0.1, -0.05) is 43.9 Å². The van der Waals surface area contributed by atoms with E-state index in [9.17, 15) is 18.3 Å². The molecule has 30 heavy (non-hydrogen) atoms. The second kappa shape index (κ2) is 8.08. The number of nitrogens with zero attached hydrogens (tertiary/aromatic N) is 2. The molecule has 1 aliphatic rings. The van der Waals surface area contributed by atoms with E-state index in [1.165, 1.54) is 24.4 Å². The maximum absolute atomic E-state index is 13.4. The maximum Gasteiger partial charge on any atom is 0.409 e. The number of nitrogens with one attached hydrogen (secondary N) is 1. The van der Waals surface area contributed by atoms with Gasteiger partial charge < -0.3 is 10.2 Å². The van der Waals surface area contributed by atoms with Gasteiger partial charge in [0, 0.05) is 5.39 Å². The Balaban J connectivity index is 1.85. The van der Waals surface area contributed by atoms with E-state index in [2.05, 4.69) is 10.3 Å². The molecule has 158 valence electrons. The molecule has 3 N–H and O–H groups in total. The highest BCUT2D eigenvalue weighted by Crippen LogP contribution is 2.36. The molecule has 1 fully saturated rings. The SMILES string of the molecule is O=C(O)Nc1cnc2c(c1)cc(C(O)CC1CCCC1)n2S(=O)(=O)c1ccccc1. The molecule has 9 heteroatoms. The van der Waals surface area contributed by atoms with E-state index in [0.717, 1.165) is 29.7 Å². The number of aliphatic hydroxyl groups is 1. The minimum absolute atomic E-state index is 0.0892. The summed E-state index contributed by atoms with van der Waals surface area (Å²) in [5.41, 5.74) is 0.608. The minimum atomic E-state index is -4.01. The van der Waals surface area contributed by atoms with Crippen LogP contribution in [0.4, 0.5) is 10.5 Å². The zero-order valence-corrected chi connectivity index (χ0v) is 17.0. The third-order valence-electron chi connectivity index (χ3n) is 5.53. The molecular formula is C21H23N3O5S. The predicted octanol–water partition coefficient (Wildman–Crippen LogP) is 3.98. The molecule has 1 aliphatic carbocycles. The van der Waals surface area contributed by atoms with Crippen LogP contribution >= 0.6 is 0 Å². The van der Waals surface area contributed by atoms with Gasteiger partial charge in [0.1, 0.15) is 0 Å². The summed E-state index contributed by atoms with van der Waals surface area (Å²) in [4.78, 5) is 15.2. The number of pyridine rings is 1. The van der Waals surface area contributed by atoms with Gasteiger partial charge in [-0.2, -0.15) is 0 Å². The van der Waals surface area contributed by atoms with Crippen molar-refractivity contribution in [3.05, 3.63) is 54.4 Å². The number of fused-ring (bicyclic) bond motifs is 1. The molecule has 8 nitrogen and oxygen atoms in total. The van der Waals surface area contributed by atoms with Crippen LogP contribution in [0.15, 0.2) is 53.6 Å². The fourth-order valence-electron chi connectivity index (χ4n) is 4.15. The maximum atomic E-state index is 13.4. The molecule has 1 saturated carbocycles. The first-order valence-corrected chi connectivity index (χ1v) is 11.3. The number of hydrogen-bond acceptors (Lipinski definition) is 5. The van der Waals surface area contributed by atoms with Crippen LogP contribution in [0.25, 0.3) is 11.0 Å². The Labute approximate surface area is 174 Å². The van der Waals surface area contributed by atoms with Crippen LogP contribution < -0.4 is 5.32 Å². The Kier molecular flexibility index (Phi) is 5.48. The number of aromatic nitrogens is 2. The van der Waals surface area contributed by atoms with Gasteiger partial charge in [-0.15, -0.1) is 0 Å². The standard InChI is InChI=1S/C21H23N3O5S/c25-19(10-14-6-4-5-7-14)18-12-15-11-16(23-21(26)27)13-22-20(15)24(18)30(28,29)17-8-2-1-3-9-17/h1-3,8-9,11-14,19,23,25H,4-7,10H2,(H,26,27). The zero-order chi connectivity index (χ0) is 21.3. The Bertz CT molecular complexity index is 1170. The monoisotopic (exact) mass is 429 g/mol. The van der Waals surface area contributed by atoms with E-state index in [0.29, 0.717) is 17.7 Å². The van der Waals surface area contributed by atoms with Gasteiger partial charge in [-0.3, -0.25) is 5.32 Å². The van der Waals surface area contributed by atoms with Crippen molar-refractivity contribution in [1.82, 2.24) is 8.96 Å². The highest BCUT2D eigenvalue weighted by Gasteiger charge is 2.29. The molecule has 1 aromatic carbocycles. The molecule has 2 heterocycles. The van der Waals surface area contributed by atoms with Crippen molar-refractivity contribution in [2.45, 2.75) is 43.1 Å². The molecule has 2 aromatic heterocycles. The lowest BCUT2D eigenvalue weighted by molar-refractivity contribution is 0.140. The summed E-state index contributed by atoms with van der Waals surface area (Å²) in [6, 6.07) is 11.1. The minimum Gasteiger partial charge on any atom is -0.465 e.